The van der Waals surface area contributed by atoms with Gasteiger partial charge in [0.15, 0.2) is 10.9 Å². The van der Waals surface area contributed by atoms with Gasteiger partial charge in [0.1, 0.15) is 0 Å². The van der Waals surface area contributed by atoms with E-state index in [0.717, 1.165) is 18.5 Å². The lowest BCUT2D eigenvalue weighted by atomic mass is 10.0. The van der Waals surface area contributed by atoms with E-state index in [1.54, 1.807) is 6.07 Å². The molecule has 2 aromatic rings. The molecule has 4 nitrogen and oxygen atoms in total. The molecule has 3 rings (SSSR count). The molecule has 0 radical (unpaired) electrons. The number of hydrogen-bond acceptors (Lipinski definition) is 5. The first-order valence-electron chi connectivity index (χ1n) is 5.62. The van der Waals surface area contributed by atoms with Crippen molar-refractivity contribution in [2.45, 2.75) is 19.3 Å². The molecule has 0 saturated carbocycles. The highest BCUT2D eigenvalue weighted by atomic mass is 32.1. The third-order valence-corrected chi connectivity index (χ3v) is 4.66. The fourth-order valence-corrected chi connectivity index (χ4v) is 3.48. The number of carbonyl (C=O) groups excluding carboxylic acids is 2. The summed E-state index contributed by atoms with van der Waals surface area (Å²) >= 11 is 2.66. The van der Waals surface area contributed by atoms with Crippen molar-refractivity contribution in [3.63, 3.8) is 0 Å². The number of nitrogens with one attached hydrogen (secondary N) is 1. The van der Waals surface area contributed by atoms with Crippen LogP contribution >= 0.6 is 22.7 Å². The van der Waals surface area contributed by atoms with Crippen molar-refractivity contribution in [3.8, 4) is 0 Å². The van der Waals surface area contributed by atoms with Gasteiger partial charge in [-0.1, -0.05) is 17.4 Å². The molecule has 18 heavy (non-hydrogen) atoms. The van der Waals surface area contributed by atoms with Crippen LogP contribution < -0.4 is 5.32 Å². The number of thiazole rings is 1. The molecule has 2 aromatic heterocycles. The number of rotatable bonds is 2. The van der Waals surface area contributed by atoms with Gasteiger partial charge in [0.2, 0.25) is 0 Å². The highest BCUT2D eigenvalue weighted by Gasteiger charge is 2.22. The van der Waals surface area contributed by atoms with E-state index in [1.165, 1.54) is 22.7 Å². The van der Waals surface area contributed by atoms with Crippen LogP contribution in [0.25, 0.3) is 0 Å². The first-order valence-corrected chi connectivity index (χ1v) is 7.31. The Morgan fingerprint density at radius 2 is 2.28 bits per heavy atom. The molecule has 1 amide bonds. The van der Waals surface area contributed by atoms with Gasteiger partial charge in [-0.05, 0) is 24.3 Å². The van der Waals surface area contributed by atoms with E-state index < -0.39 is 0 Å². The predicted octanol–water partition coefficient (Wildman–Crippen LogP) is 2.98. The van der Waals surface area contributed by atoms with Gasteiger partial charge in [-0.15, -0.1) is 11.3 Å². The normalized spacial score (nSPS) is 14.3. The minimum atomic E-state index is -0.163. The monoisotopic (exact) mass is 278 g/mol. The average molecular weight is 278 g/mol. The van der Waals surface area contributed by atoms with Crippen molar-refractivity contribution >= 4 is 39.5 Å². The van der Waals surface area contributed by atoms with Crippen LogP contribution in [0.3, 0.4) is 0 Å². The molecule has 0 spiro atoms. The molecule has 0 unspecified atom stereocenters. The van der Waals surface area contributed by atoms with E-state index >= 15 is 0 Å². The Morgan fingerprint density at radius 1 is 1.39 bits per heavy atom. The Morgan fingerprint density at radius 3 is 3.00 bits per heavy atom. The number of fused-ring (bicyclic) bond motifs is 1. The average Bonchev–Trinajstić information content (AvgIpc) is 2.97. The van der Waals surface area contributed by atoms with Crippen molar-refractivity contribution in [2.24, 2.45) is 0 Å². The summed E-state index contributed by atoms with van der Waals surface area (Å²) in [5.74, 6) is -0.0195. The van der Waals surface area contributed by atoms with Crippen molar-refractivity contribution in [2.75, 3.05) is 5.32 Å². The van der Waals surface area contributed by atoms with Crippen molar-refractivity contribution in [1.29, 1.82) is 0 Å². The number of aromatic nitrogens is 1. The smallest absolute Gasteiger partial charge is 0.267 e. The topological polar surface area (TPSA) is 59.1 Å². The van der Waals surface area contributed by atoms with Gasteiger partial charge in [-0.3, -0.25) is 14.9 Å². The zero-order valence-corrected chi connectivity index (χ0v) is 11.1. The highest BCUT2D eigenvalue weighted by Crippen LogP contribution is 2.29. The Balaban J connectivity index is 1.82. The summed E-state index contributed by atoms with van der Waals surface area (Å²) in [4.78, 5) is 29.2. The fraction of sp³-hybridized carbons (Fsp3) is 0.250. The second-order valence-corrected chi connectivity index (χ2v) is 5.95. The number of amides is 1. The minimum Gasteiger partial charge on any atom is -0.297 e. The van der Waals surface area contributed by atoms with E-state index in [9.17, 15) is 9.59 Å². The van der Waals surface area contributed by atoms with Gasteiger partial charge in [0.05, 0.1) is 15.4 Å². The third kappa shape index (κ3) is 2.09. The summed E-state index contributed by atoms with van der Waals surface area (Å²) in [5, 5.41) is 5.12. The molecule has 6 heteroatoms. The van der Waals surface area contributed by atoms with Gasteiger partial charge < -0.3 is 0 Å². The maximum absolute atomic E-state index is 11.9. The Labute approximate surface area is 112 Å². The molecule has 1 N–H and O–H groups in total. The maximum Gasteiger partial charge on any atom is 0.267 e. The van der Waals surface area contributed by atoms with E-state index in [1.807, 2.05) is 11.4 Å². The molecule has 0 fully saturated rings. The van der Waals surface area contributed by atoms with E-state index in [4.69, 9.17) is 0 Å². The van der Waals surface area contributed by atoms with E-state index in [0.29, 0.717) is 21.3 Å². The van der Waals surface area contributed by atoms with Crippen LogP contribution in [-0.4, -0.2) is 16.7 Å². The SMILES string of the molecule is O=C(Nc1nc2c(s1)C(=O)CCC2)c1cccs1. The molecule has 0 atom stereocenters. The van der Waals surface area contributed by atoms with Gasteiger partial charge in [0, 0.05) is 6.42 Å². The molecule has 2 heterocycles. The molecule has 0 saturated heterocycles. The molecule has 1 aliphatic rings. The minimum absolute atomic E-state index is 0.144. The summed E-state index contributed by atoms with van der Waals surface area (Å²) in [6, 6.07) is 3.59. The number of carbonyl (C=O) groups is 2. The number of Topliss-reactive ketones (excluding diaryl/α,β-unsaturated/α-hetero) is 1. The zero-order chi connectivity index (χ0) is 12.5. The second kappa shape index (κ2) is 4.62. The standard InChI is InChI=1S/C12H10N2O2S2/c15-8-4-1-3-7-10(8)18-12(13-7)14-11(16)9-5-2-6-17-9/h2,5-6H,1,3-4H2,(H,13,14,16). The zero-order valence-electron chi connectivity index (χ0n) is 9.43. The van der Waals surface area contributed by atoms with E-state index in [2.05, 4.69) is 10.3 Å². The number of hydrogen-bond donors (Lipinski definition) is 1. The van der Waals surface area contributed by atoms with Crippen LogP contribution in [0.1, 0.15) is 37.9 Å². The molecule has 92 valence electrons. The summed E-state index contributed by atoms with van der Waals surface area (Å²) in [6.45, 7) is 0. The summed E-state index contributed by atoms with van der Waals surface area (Å²) < 4.78 is 0. The van der Waals surface area contributed by atoms with Gasteiger partial charge in [-0.2, -0.15) is 0 Å². The van der Waals surface area contributed by atoms with Crippen molar-refractivity contribution < 1.29 is 9.59 Å². The lowest BCUT2D eigenvalue weighted by Crippen LogP contribution is -2.10. The van der Waals surface area contributed by atoms with Crippen LogP contribution in [0.15, 0.2) is 17.5 Å². The third-order valence-electron chi connectivity index (χ3n) is 2.73. The molecule has 0 aromatic carbocycles. The fourth-order valence-electron chi connectivity index (χ4n) is 1.89. The number of aryl methyl sites for hydroxylation is 1. The first kappa shape index (κ1) is 11.6. The maximum atomic E-state index is 11.9. The molecular weight excluding hydrogens is 268 g/mol. The van der Waals surface area contributed by atoms with Crippen LogP contribution in [0.2, 0.25) is 0 Å². The Kier molecular flexibility index (Phi) is 2.97. The molecule has 1 aliphatic carbocycles. The number of nitrogens with zero attached hydrogens (tertiary/aromatic N) is 1. The van der Waals surface area contributed by atoms with Gasteiger partial charge in [-0.25, -0.2) is 4.98 Å². The largest absolute Gasteiger partial charge is 0.297 e. The van der Waals surface area contributed by atoms with Gasteiger partial charge >= 0.3 is 0 Å². The lowest BCUT2D eigenvalue weighted by Gasteiger charge is -2.05. The number of ketones is 1. The number of anilines is 1. The number of thiophene rings is 1. The Hall–Kier alpha value is -1.53. The molecule has 0 aliphatic heterocycles. The van der Waals surface area contributed by atoms with E-state index in [-0.39, 0.29) is 11.7 Å². The quantitative estimate of drug-likeness (QED) is 0.918. The summed E-state index contributed by atoms with van der Waals surface area (Å²) in [5.41, 5.74) is 0.831. The lowest BCUT2D eigenvalue weighted by molar-refractivity contribution is 0.0975. The van der Waals surface area contributed by atoms with Crippen LogP contribution in [0, 0.1) is 0 Å². The van der Waals surface area contributed by atoms with Crippen LogP contribution in [0.5, 0.6) is 0 Å². The predicted molar refractivity (Wildman–Crippen MR) is 71.7 cm³/mol. The van der Waals surface area contributed by atoms with Crippen LogP contribution in [-0.2, 0) is 6.42 Å². The van der Waals surface area contributed by atoms with Crippen molar-refractivity contribution in [1.82, 2.24) is 4.98 Å². The Bertz CT molecular complexity index is 602. The molecule has 0 bridgehead atoms. The first-order chi connectivity index (χ1) is 8.74. The van der Waals surface area contributed by atoms with Crippen LogP contribution in [0.4, 0.5) is 5.13 Å². The highest BCUT2D eigenvalue weighted by molar-refractivity contribution is 7.18. The van der Waals surface area contributed by atoms with Crippen molar-refractivity contribution in [3.05, 3.63) is 33.0 Å². The van der Waals surface area contributed by atoms with Gasteiger partial charge in [0.25, 0.3) is 5.91 Å². The summed E-state index contributed by atoms with van der Waals surface area (Å²) in [6.07, 6.45) is 2.27. The molecular formula is C12H10N2O2S2. The summed E-state index contributed by atoms with van der Waals surface area (Å²) in [7, 11) is 0. The second-order valence-electron chi connectivity index (χ2n) is 4.00.